The molecule has 140 valence electrons. The Kier molecular flexibility index (Phi) is 6.12. The van der Waals surface area contributed by atoms with Gasteiger partial charge in [0.2, 0.25) is 0 Å². The summed E-state index contributed by atoms with van der Waals surface area (Å²) in [5, 5.41) is 4.47. The zero-order valence-electron chi connectivity index (χ0n) is 16.1. The highest BCUT2D eigenvalue weighted by Crippen LogP contribution is 2.18. The Morgan fingerprint density at radius 2 is 1.96 bits per heavy atom. The van der Waals surface area contributed by atoms with Gasteiger partial charge in [-0.2, -0.15) is 5.10 Å². The lowest BCUT2D eigenvalue weighted by Crippen LogP contribution is -2.51. The summed E-state index contributed by atoms with van der Waals surface area (Å²) in [6.07, 6.45) is 4.66. The number of aryl methyl sites for hydroxylation is 2. The van der Waals surface area contributed by atoms with Gasteiger partial charge in [-0.15, -0.1) is 0 Å². The average Bonchev–Trinajstić information content (AvgIpc) is 2.96. The predicted octanol–water partition coefficient (Wildman–Crippen LogP) is 1.47. The van der Waals surface area contributed by atoms with Crippen LogP contribution in [0, 0.1) is 5.92 Å². The number of likely N-dealkylation sites (tertiary alicyclic amines) is 1. The molecule has 0 radical (unpaired) electrons. The van der Waals surface area contributed by atoms with Crippen LogP contribution in [-0.4, -0.2) is 83.2 Å². The van der Waals surface area contributed by atoms with Crippen LogP contribution in [0.5, 0.6) is 0 Å². The predicted molar refractivity (Wildman–Crippen MR) is 99.8 cm³/mol. The normalized spacial score (nSPS) is 23.2. The maximum atomic E-state index is 12.8. The van der Waals surface area contributed by atoms with E-state index in [0.717, 1.165) is 56.3 Å². The van der Waals surface area contributed by atoms with Crippen LogP contribution in [0.4, 0.5) is 0 Å². The number of hydrogen-bond acceptors (Lipinski definition) is 4. The highest BCUT2D eigenvalue weighted by Gasteiger charge is 2.26. The van der Waals surface area contributed by atoms with Gasteiger partial charge in [0.25, 0.3) is 5.91 Å². The fraction of sp³-hybridized carbons (Fsp3) is 0.789. The lowest BCUT2D eigenvalue weighted by molar-refractivity contribution is 0.0578. The first-order chi connectivity index (χ1) is 12.1. The van der Waals surface area contributed by atoms with Crippen LogP contribution in [0.25, 0.3) is 0 Å². The third-order valence-corrected chi connectivity index (χ3v) is 5.55. The first-order valence-electron chi connectivity index (χ1n) is 9.80. The Morgan fingerprint density at radius 3 is 2.64 bits per heavy atom. The van der Waals surface area contributed by atoms with E-state index in [9.17, 15) is 4.79 Å². The molecule has 2 saturated heterocycles. The highest BCUT2D eigenvalue weighted by atomic mass is 16.2. The second-order valence-corrected chi connectivity index (χ2v) is 7.76. The summed E-state index contributed by atoms with van der Waals surface area (Å²) < 4.78 is 1.75. The molecule has 3 heterocycles. The zero-order valence-corrected chi connectivity index (χ0v) is 16.1. The number of rotatable bonds is 5. The van der Waals surface area contributed by atoms with Crippen molar-refractivity contribution in [2.75, 3.05) is 52.9 Å². The lowest BCUT2D eigenvalue weighted by atomic mass is 9.97. The van der Waals surface area contributed by atoms with Crippen molar-refractivity contribution in [2.24, 2.45) is 13.0 Å². The summed E-state index contributed by atoms with van der Waals surface area (Å²) in [6, 6.07) is 1.97. The van der Waals surface area contributed by atoms with Crippen molar-refractivity contribution in [2.45, 2.75) is 32.6 Å². The molecule has 0 spiro atoms. The number of carbonyl (C=O) groups excluding carboxylic acids is 1. The molecule has 1 aromatic rings. The molecule has 0 bridgehead atoms. The van der Waals surface area contributed by atoms with Crippen molar-refractivity contribution >= 4 is 5.91 Å². The first-order valence-corrected chi connectivity index (χ1v) is 9.80. The van der Waals surface area contributed by atoms with E-state index in [2.05, 4.69) is 28.9 Å². The number of carbonyl (C=O) groups is 1. The quantitative estimate of drug-likeness (QED) is 0.809. The molecule has 0 aromatic carbocycles. The van der Waals surface area contributed by atoms with Crippen LogP contribution in [0.15, 0.2) is 6.07 Å². The van der Waals surface area contributed by atoms with Crippen LogP contribution in [0.2, 0.25) is 0 Å². The molecule has 3 rings (SSSR count). The highest BCUT2D eigenvalue weighted by molar-refractivity contribution is 5.92. The summed E-state index contributed by atoms with van der Waals surface area (Å²) in [5.74, 6) is 0.920. The van der Waals surface area contributed by atoms with Crippen LogP contribution in [-0.2, 0) is 13.5 Å². The van der Waals surface area contributed by atoms with E-state index < -0.39 is 0 Å². The molecule has 6 nitrogen and oxygen atoms in total. The Bertz CT molecular complexity index is 576. The molecule has 0 saturated carbocycles. The van der Waals surface area contributed by atoms with Crippen molar-refractivity contribution in [3.8, 4) is 0 Å². The number of aromatic nitrogens is 2. The van der Waals surface area contributed by atoms with Crippen molar-refractivity contribution in [3.05, 3.63) is 17.5 Å². The maximum Gasteiger partial charge on any atom is 0.272 e. The summed E-state index contributed by atoms with van der Waals surface area (Å²) in [5.41, 5.74) is 1.75. The summed E-state index contributed by atoms with van der Waals surface area (Å²) in [7, 11) is 4.10. The standard InChI is InChI=1S/C19H33N5O/c1-4-6-17-13-18(22(3)20-17)19(25)24-11-9-23(10-12-24)15-16-7-5-8-21(2)14-16/h13,16H,4-12,14-15H2,1-3H3/t16-/m0/s1. The largest absolute Gasteiger partial charge is 0.335 e. The minimum absolute atomic E-state index is 0.134. The van der Waals surface area contributed by atoms with Crippen LogP contribution < -0.4 is 0 Å². The molecule has 1 amide bonds. The van der Waals surface area contributed by atoms with E-state index in [1.807, 2.05) is 18.0 Å². The fourth-order valence-electron chi connectivity index (χ4n) is 4.19. The molecule has 2 aliphatic heterocycles. The van der Waals surface area contributed by atoms with Gasteiger partial charge in [-0.25, -0.2) is 0 Å². The molecule has 6 heteroatoms. The van der Waals surface area contributed by atoms with E-state index in [1.54, 1.807) is 4.68 Å². The Hall–Kier alpha value is -1.40. The van der Waals surface area contributed by atoms with E-state index in [-0.39, 0.29) is 5.91 Å². The first kappa shape index (κ1) is 18.4. The number of piperazine rings is 1. The van der Waals surface area contributed by atoms with Gasteiger partial charge < -0.3 is 9.80 Å². The molecule has 0 unspecified atom stereocenters. The third kappa shape index (κ3) is 4.61. The smallest absolute Gasteiger partial charge is 0.272 e. The van der Waals surface area contributed by atoms with Crippen LogP contribution in [0.3, 0.4) is 0 Å². The number of piperidine rings is 1. The maximum absolute atomic E-state index is 12.8. The van der Waals surface area contributed by atoms with Gasteiger partial charge in [0.15, 0.2) is 0 Å². The average molecular weight is 348 g/mol. The minimum atomic E-state index is 0.134. The molecule has 1 aromatic heterocycles. The topological polar surface area (TPSA) is 44.6 Å². The fourth-order valence-corrected chi connectivity index (χ4v) is 4.19. The molecular weight excluding hydrogens is 314 g/mol. The van der Waals surface area contributed by atoms with Crippen LogP contribution >= 0.6 is 0 Å². The Balaban J connectivity index is 1.50. The molecule has 0 aliphatic carbocycles. The van der Waals surface area contributed by atoms with E-state index >= 15 is 0 Å². The van der Waals surface area contributed by atoms with E-state index in [4.69, 9.17) is 0 Å². The van der Waals surface area contributed by atoms with Gasteiger partial charge >= 0.3 is 0 Å². The zero-order chi connectivity index (χ0) is 17.8. The summed E-state index contributed by atoms with van der Waals surface area (Å²) in [6.45, 7) is 9.42. The van der Waals surface area contributed by atoms with Crippen molar-refractivity contribution < 1.29 is 4.79 Å². The Labute approximate surface area is 151 Å². The Morgan fingerprint density at radius 1 is 1.20 bits per heavy atom. The molecule has 2 fully saturated rings. The number of nitrogens with zero attached hydrogens (tertiary/aromatic N) is 5. The van der Waals surface area contributed by atoms with Crippen molar-refractivity contribution in [1.82, 2.24) is 24.5 Å². The molecule has 0 N–H and O–H groups in total. The monoisotopic (exact) mass is 347 g/mol. The summed E-state index contributed by atoms with van der Waals surface area (Å²) in [4.78, 5) is 19.8. The molecule has 25 heavy (non-hydrogen) atoms. The van der Waals surface area contributed by atoms with E-state index in [0.29, 0.717) is 0 Å². The third-order valence-electron chi connectivity index (χ3n) is 5.55. The second-order valence-electron chi connectivity index (χ2n) is 7.76. The van der Waals surface area contributed by atoms with Crippen molar-refractivity contribution in [3.63, 3.8) is 0 Å². The van der Waals surface area contributed by atoms with Crippen LogP contribution in [0.1, 0.15) is 42.4 Å². The number of amides is 1. The molecule has 1 atom stereocenters. The molecule has 2 aliphatic rings. The van der Waals surface area contributed by atoms with Crippen molar-refractivity contribution in [1.29, 1.82) is 0 Å². The van der Waals surface area contributed by atoms with Gasteiger partial charge in [0.1, 0.15) is 5.69 Å². The molecular formula is C19H33N5O. The van der Waals surface area contributed by atoms with Gasteiger partial charge in [0, 0.05) is 46.3 Å². The van der Waals surface area contributed by atoms with Gasteiger partial charge in [-0.05, 0) is 44.8 Å². The lowest BCUT2D eigenvalue weighted by Gasteiger charge is -2.38. The minimum Gasteiger partial charge on any atom is -0.335 e. The number of hydrogen-bond donors (Lipinski definition) is 0. The summed E-state index contributed by atoms with van der Waals surface area (Å²) >= 11 is 0. The van der Waals surface area contributed by atoms with Gasteiger partial charge in [-0.1, -0.05) is 13.3 Å². The second kappa shape index (κ2) is 8.32. The van der Waals surface area contributed by atoms with Gasteiger partial charge in [-0.3, -0.25) is 14.4 Å². The van der Waals surface area contributed by atoms with E-state index in [1.165, 1.54) is 32.5 Å². The SMILES string of the molecule is CCCc1cc(C(=O)N2CCN(C[C@H]3CCCN(C)C3)CC2)n(C)n1. The van der Waals surface area contributed by atoms with Gasteiger partial charge in [0.05, 0.1) is 5.69 Å².